The number of anilines is 1. The van der Waals surface area contributed by atoms with Crippen LogP contribution in [0.3, 0.4) is 0 Å². The second kappa shape index (κ2) is 7.73. The molecule has 1 aromatic carbocycles. The molecule has 0 spiro atoms. The summed E-state index contributed by atoms with van der Waals surface area (Å²) in [4.78, 5) is 13.2. The van der Waals surface area contributed by atoms with Gasteiger partial charge in [-0.2, -0.15) is 0 Å². The van der Waals surface area contributed by atoms with Crippen molar-refractivity contribution in [2.75, 3.05) is 25.6 Å². The van der Waals surface area contributed by atoms with E-state index in [1.54, 1.807) is 19.5 Å². The molecule has 4 aromatic rings. The third-order valence-corrected chi connectivity index (χ3v) is 5.27. The monoisotopic (exact) mass is 390 g/mol. The van der Waals surface area contributed by atoms with E-state index in [2.05, 4.69) is 31.4 Å². The van der Waals surface area contributed by atoms with Crippen molar-refractivity contribution in [3.63, 3.8) is 0 Å². The lowest BCUT2D eigenvalue weighted by Gasteiger charge is -2.35. The Balaban J connectivity index is 1.30. The summed E-state index contributed by atoms with van der Waals surface area (Å²) in [7, 11) is 1.68. The number of methoxy groups -OCH3 is 1. The smallest absolute Gasteiger partial charge is 0.241 e. The SMILES string of the molecule is COCCO[C@H]1C[C@@H](Nc2ncc3c(-c4ccc5nccnc5c4)ccn3n2)C1. The normalized spacial score (nSPS) is 18.8. The van der Waals surface area contributed by atoms with Crippen LogP contribution >= 0.6 is 0 Å². The Labute approximate surface area is 167 Å². The van der Waals surface area contributed by atoms with E-state index in [0.717, 1.165) is 40.5 Å². The highest BCUT2D eigenvalue weighted by Gasteiger charge is 2.30. The average Bonchev–Trinajstić information content (AvgIpc) is 3.15. The first-order valence-electron chi connectivity index (χ1n) is 9.73. The fourth-order valence-corrected chi connectivity index (χ4v) is 3.64. The Bertz CT molecular complexity index is 1140. The molecule has 5 rings (SSSR count). The number of fused-ring (bicyclic) bond motifs is 2. The Hall–Kier alpha value is -3.10. The highest BCUT2D eigenvalue weighted by molar-refractivity contribution is 5.86. The Kier molecular flexibility index (Phi) is 4.79. The van der Waals surface area contributed by atoms with E-state index in [1.807, 2.05) is 35.1 Å². The van der Waals surface area contributed by atoms with E-state index < -0.39 is 0 Å². The van der Waals surface area contributed by atoms with Crippen molar-refractivity contribution in [2.24, 2.45) is 0 Å². The van der Waals surface area contributed by atoms with E-state index in [1.165, 1.54) is 0 Å². The van der Waals surface area contributed by atoms with Crippen LogP contribution in [-0.4, -0.2) is 57.0 Å². The maximum absolute atomic E-state index is 5.72. The molecule has 0 radical (unpaired) electrons. The van der Waals surface area contributed by atoms with Crippen LogP contribution in [0.5, 0.6) is 0 Å². The second-order valence-corrected chi connectivity index (χ2v) is 7.20. The number of hydrogen-bond acceptors (Lipinski definition) is 7. The molecule has 3 heterocycles. The van der Waals surface area contributed by atoms with Crippen molar-refractivity contribution >= 4 is 22.5 Å². The van der Waals surface area contributed by atoms with Crippen LogP contribution in [0.15, 0.2) is 49.1 Å². The molecule has 0 aliphatic heterocycles. The average molecular weight is 390 g/mol. The van der Waals surface area contributed by atoms with Crippen LogP contribution in [0.4, 0.5) is 5.95 Å². The summed E-state index contributed by atoms with van der Waals surface area (Å²) in [5.41, 5.74) is 4.84. The Morgan fingerprint density at radius 2 is 1.93 bits per heavy atom. The highest BCUT2D eigenvalue weighted by Crippen LogP contribution is 2.28. The van der Waals surface area contributed by atoms with E-state index in [9.17, 15) is 0 Å². The van der Waals surface area contributed by atoms with E-state index >= 15 is 0 Å². The summed E-state index contributed by atoms with van der Waals surface area (Å²) < 4.78 is 12.6. The maximum atomic E-state index is 5.72. The Morgan fingerprint density at radius 3 is 2.79 bits per heavy atom. The van der Waals surface area contributed by atoms with Crippen molar-refractivity contribution in [3.05, 3.63) is 49.1 Å². The molecule has 0 saturated heterocycles. The molecular weight excluding hydrogens is 368 g/mol. The molecule has 0 amide bonds. The summed E-state index contributed by atoms with van der Waals surface area (Å²) in [6.45, 7) is 1.27. The molecule has 3 aromatic heterocycles. The third kappa shape index (κ3) is 3.64. The zero-order valence-corrected chi connectivity index (χ0v) is 16.2. The summed E-state index contributed by atoms with van der Waals surface area (Å²) in [5, 5.41) is 8.00. The lowest BCUT2D eigenvalue weighted by molar-refractivity contribution is -0.0261. The van der Waals surface area contributed by atoms with E-state index in [0.29, 0.717) is 31.3 Å². The van der Waals surface area contributed by atoms with Crippen LogP contribution in [0, 0.1) is 0 Å². The molecule has 29 heavy (non-hydrogen) atoms. The van der Waals surface area contributed by atoms with Crippen LogP contribution in [0.2, 0.25) is 0 Å². The molecule has 1 aliphatic carbocycles. The van der Waals surface area contributed by atoms with Gasteiger partial charge in [0.05, 0.1) is 42.1 Å². The zero-order valence-electron chi connectivity index (χ0n) is 16.2. The molecule has 1 fully saturated rings. The largest absolute Gasteiger partial charge is 0.382 e. The number of rotatable bonds is 7. The summed E-state index contributed by atoms with van der Waals surface area (Å²) >= 11 is 0. The molecule has 0 atom stereocenters. The van der Waals surface area contributed by atoms with Gasteiger partial charge in [-0.15, -0.1) is 5.10 Å². The number of hydrogen-bond donors (Lipinski definition) is 1. The van der Waals surface area contributed by atoms with Crippen molar-refractivity contribution in [1.29, 1.82) is 0 Å². The van der Waals surface area contributed by atoms with Gasteiger partial charge in [0.15, 0.2) is 0 Å². The van der Waals surface area contributed by atoms with Gasteiger partial charge in [0.2, 0.25) is 5.95 Å². The number of aromatic nitrogens is 5. The van der Waals surface area contributed by atoms with Crippen molar-refractivity contribution in [1.82, 2.24) is 24.6 Å². The Morgan fingerprint density at radius 1 is 1.07 bits per heavy atom. The van der Waals surface area contributed by atoms with Crippen LogP contribution < -0.4 is 5.32 Å². The predicted molar refractivity (Wildman–Crippen MR) is 110 cm³/mol. The summed E-state index contributed by atoms with van der Waals surface area (Å²) in [5.74, 6) is 0.629. The van der Waals surface area contributed by atoms with Gasteiger partial charge in [-0.3, -0.25) is 9.97 Å². The quantitative estimate of drug-likeness (QED) is 0.486. The van der Waals surface area contributed by atoms with E-state index in [4.69, 9.17) is 9.47 Å². The van der Waals surface area contributed by atoms with Gasteiger partial charge in [-0.25, -0.2) is 9.50 Å². The second-order valence-electron chi connectivity index (χ2n) is 7.20. The lowest BCUT2D eigenvalue weighted by atomic mass is 9.89. The third-order valence-electron chi connectivity index (χ3n) is 5.27. The van der Waals surface area contributed by atoms with Crippen LogP contribution in [-0.2, 0) is 9.47 Å². The zero-order chi connectivity index (χ0) is 19.6. The fourth-order valence-electron chi connectivity index (χ4n) is 3.64. The van der Waals surface area contributed by atoms with Crippen molar-refractivity contribution in [3.8, 4) is 11.1 Å². The molecule has 0 unspecified atom stereocenters. The molecule has 1 aliphatic rings. The van der Waals surface area contributed by atoms with Gasteiger partial charge in [0, 0.05) is 37.3 Å². The minimum Gasteiger partial charge on any atom is -0.382 e. The first-order valence-corrected chi connectivity index (χ1v) is 9.73. The molecule has 1 N–H and O–H groups in total. The van der Waals surface area contributed by atoms with E-state index in [-0.39, 0.29) is 0 Å². The van der Waals surface area contributed by atoms with Gasteiger partial charge < -0.3 is 14.8 Å². The van der Waals surface area contributed by atoms with Gasteiger partial charge in [0.1, 0.15) is 0 Å². The van der Waals surface area contributed by atoms with Gasteiger partial charge >= 0.3 is 0 Å². The molecule has 1 saturated carbocycles. The number of nitrogens with zero attached hydrogens (tertiary/aromatic N) is 5. The predicted octanol–water partition coefficient (Wildman–Crippen LogP) is 2.95. The van der Waals surface area contributed by atoms with Gasteiger partial charge in [-0.1, -0.05) is 6.07 Å². The van der Waals surface area contributed by atoms with Gasteiger partial charge in [0.25, 0.3) is 0 Å². The first kappa shape index (κ1) is 18.0. The minimum absolute atomic E-state index is 0.292. The summed E-state index contributed by atoms with van der Waals surface area (Å²) in [6, 6.07) is 8.47. The van der Waals surface area contributed by atoms with Crippen LogP contribution in [0.1, 0.15) is 12.8 Å². The number of ether oxygens (including phenoxy) is 2. The number of nitrogens with one attached hydrogen (secondary N) is 1. The van der Waals surface area contributed by atoms with Crippen molar-refractivity contribution < 1.29 is 9.47 Å². The molecule has 148 valence electrons. The molecule has 0 bridgehead atoms. The molecule has 8 nitrogen and oxygen atoms in total. The van der Waals surface area contributed by atoms with Crippen LogP contribution in [0.25, 0.3) is 27.7 Å². The van der Waals surface area contributed by atoms with Crippen molar-refractivity contribution in [2.45, 2.75) is 25.0 Å². The van der Waals surface area contributed by atoms with Gasteiger partial charge in [-0.05, 0) is 36.6 Å². The lowest BCUT2D eigenvalue weighted by Crippen LogP contribution is -2.41. The minimum atomic E-state index is 0.292. The molecule has 8 heteroatoms. The fraction of sp³-hybridized carbons (Fsp3) is 0.333. The number of benzene rings is 1. The topological polar surface area (TPSA) is 86.5 Å². The highest BCUT2D eigenvalue weighted by atomic mass is 16.5. The molecular formula is C21H22N6O2. The maximum Gasteiger partial charge on any atom is 0.241 e. The standard InChI is InChI=1S/C21H22N6O2/c1-28-8-9-29-16-11-15(12-16)25-21-24-13-20-17(4-7-27(20)26-21)14-2-3-18-19(10-14)23-6-5-22-18/h2-7,10,13,15-16H,8-9,11-12H2,1H3,(H,25,26)/t15-,16+. The summed E-state index contributed by atoms with van der Waals surface area (Å²) in [6.07, 6.45) is 9.43. The first-order chi connectivity index (χ1) is 14.3.